The number of hydrazone groups is 1. The Morgan fingerprint density at radius 3 is 2.45 bits per heavy atom. The number of anilines is 1. The van der Waals surface area contributed by atoms with Gasteiger partial charge in [-0.2, -0.15) is 10.1 Å². The van der Waals surface area contributed by atoms with E-state index in [2.05, 4.69) is 12.0 Å². The summed E-state index contributed by atoms with van der Waals surface area (Å²) in [7, 11) is 1.63. The highest BCUT2D eigenvalue weighted by Crippen LogP contribution is 2.31. The topological polar surface area (TPSA) is 51.1 Å². The lowest BCUT2D eigenvalue weighted by Crippen LogP contribution is -2.21. The number of methoxy groups -OCH3 is 1. The average Bonchev–Trinajstić information content (AvgIpc) is 3.08. The largest absolute Gasteiger partial charge is 0.493 e. The molecule has 1 amide bonds. The van der Waals surface area contributed by atoms with E-state index in [9.17, 15) is 4.79 Å². The van der Waals surface area contributed by atoms with Crippen LogP contribution in [0.4, 0.5) is 5.69 Å². The Labute approximate surface area is 185 Å². The third-order valence-electron chi connectivity index (χ3n) is 5.32. The molecule has 1 heterocycles. The highest BCUT2D eigenvalue weighted by molar-refractivity contribution is 6.32. The molecule has 31 heavy (non-hydrogen) atoms. The minimum atomic E-state index is -0.133. The Kier molecular flexibility index (Phi) is 8.27. The van der Waals surface area contributed by atoms with Crippen LogP contribution in [-0.4, -0.2) is 25.3 Å². The van der Waals surface area contributed by atoms with Crippen molar-refractivity contribution < 1.29 is 14.3 Å². The van der Waals surface area contributed by atoms with Gasteiger partial charge in [0.15, 0.2) is 11.5 Å². The monoisotopic (exact) mass is 420 g/mol. The zero-order chi connectivity index (χ0) is 22.1. The number of hydrogen-bond donors (Lipinski definition) is 0. The quantitative estimate of drug-likeness (QED) is 0.319. The van der Waals surface area contributed by atoms with Gasteiger partial charge in [-0.25, -0.2) is 0 Å². The van der Waals surface area contributed by atoms with Crippen LogP contribution in [0.15, 0.2) is 59.2 Å². The molecule has 0 aliphatic carbocycles. The Hall–Kier alpha value is -3.08. The smallest absolute Gasteiger partial charge is 0.280 e. The first-order chi connectivity index (χ1) is 15.1. The van der Waals surface area contributed by atoms with Crippen LogP contribution in [0.2, 0.25) is 0 Å². The molecule has 5 heteroatoms. The van der Waals surface area contributed by atoms with Crippen molar-refractivity contribution in [2.45, 2.75) is 52.4 Å². The van der Waals surface area contributed by atoms with Gasteiger partial charge in [-0.15, -0.1) is 0 Å². The van der Waals surface area contributed by atoms with Crippen molar-refractivity contribution in [2.24, 2.45) is 5.10 Å². The van der Waals surface area contributed by atoms with Crippen LogP contribution >= 0.6 is 0 Å². The van der Waals surface area contributed by atoms with Gasteiger partial charge in [0, 0.05) is 0 Å². The Morgan fingerprint density at radius 1 is 0.968 bits per heavy atom. The van der Waals surface area contributed by atoms with Crippen LogP contribution in [0, 0.1) is 0 Å². The highest BCUT2D eigenvalue weighted by Gasteiger charge is 2.28. The molecular formula is C26H32N2O3. The molecule has 0 spiro atoms. The van der Waals surface area contributed by atoms with Crippen LogP contribution in [0.25, 0.3) is 6.08 Å². The van der Waals surface area contributed by atoms with Crippen LogP contribution < -0.4 is 14.5 Å². The molecule has 0 unspecified atom stereocenters. The van der Waals surface area contributed by atoms with Crippen LogP contribution in [-0.2, 0) is 4.79 Å². The van der Waals surface area contributed by atoms with E-state index in [1.807, 2.05) is 61.5 Å². The van der Waals surface area contributed by atoms with Crippen molar-refractivity contribution in [3.05, 3.63) is 59.7 Å². The third-order valence-corrected chi connectivity index (χ3v) is 5.32. The maximum absolute atomic E-state index is 12.9. The van der Waals surface area contributed by atoms with E-state index in [0.717, 1.165) is 23.4 Å². The van der Waals surface area contributed by atoms with Gasteiger partial charge in [-0.3, -0.25) is 4.79 Å². The Morgan fingerprint density at radius 2 is 1.71 bits per heavy atom. The van der Waals surface area contributed by atoms with E-state index in [-0.39, 0.29) is 5.91 Å². The number of carbonyl (C=O) groups excluding carboxylic acids is 1. The van der Waals surface area contributed by atoms with Crippen molar-refractivity contribution in [3.8, 4) is 11.5 Å². The second kappa shape index (κ2) is 11.3. The zero-order valence-electron chi connectivity index (χ0n) is 18.8. The van der Waals surface area contributed by atoms with Crippen molar-refractivity contribution >= 4 is 23.4 Å². The molecule has 3 rings (SSSR count). The molecular weight excluding hydrogens is 388 g/mol. The highest BCUT2D eigenvalue weighted by atomic mass is 16.5. The summed E-state index contributed by atoms with van der Waals surface area (Å²) >= 11 is 0. The summed E-state index contributed by atoms with van der Waals surface area (Å²) in [5, 5.41) is 5.87. The molecule has 0 fully saturated rings. The number of para-hydroxylation sites is 1. The van der Waals surface area contributed by atoms with Gasteiger partial charge >= 0.3 is 0 Å². The molecule has 0 bridgehead atoms. The Balaban J connectivity index is 1.65. The van der Waals surface area contributed by atoms with E-state index in [1.165, 1.54) is 37.1 Å². The lowest BCUT2D eigenvalue weighted by Gasteiger charge is -2.12. The first-order valence-corrected chi connectivity index (χ1v) is 11.1. The number of benzene rings is 2. The molecule has 2 aromatic carbocycles. The molecule has 0 saturated carbocycles. The minimum absolute atomic E-state index is 0.133. The number of hydrogen-bond acceptors (Lipinski definition) is 4. The lowest BCUT2D eigenvalue weighted by molar-refractivity contribution is -0.114. The maximum Gasteiger partial charge on any atom is 0.280 e. The third kappa shape index (κ3) is 5.97. The second-order valence-corrected chi connectivity index (χ2v) is 7.72. The van der Waals surface area contributed by atoms with Gasteiger partial charge in [0.1, 0.15) is 0 Å². The predicted octanol–water partition coefficient (Wildman–Crippen LogP) is 6.24. The van der Waals surface area contributed by atoms with Crippen molar-refractivity contribution in [2.75, 3.05) is 18.7 Å². The van der Waals surface area contributed by atoms with E-state index < -0.39 is 0 Å². The van der Waals surface area contributed by atoms with Gasteiger partial charge in [-0.1, -0.05) is 63.3 Å². The Bertz CT molecular complexity index is 935. The SMILES string of the molecule is CCCCCCCCOc1ccc(C=C2C(=O)N(c3ccccc3)N=C2C)cc1OC. The first kappa shape index (κ1) is 22.6. The van der Waals surface area contributed by atoms with Crippen LogP contribution in [0.5, 0.6) is 11.5 Å². The summed E-state index contributed by atoms with van der Waals surface area (Å²) < 4.78 is 11.5. The normalized spacial score (nSPS) is 14.8. The van der Waals surface area contributed by atoms with Gasteiger partial charge in [-0.05, 0) is 49.2 Å². The molecule has 5 nitrogen and oxygen atoms in total. The molecule has 164 valence electrons. The van der Waals surface area contributed by atoms with Gasteiger partial charge in [0.05, 0.1) is 30.7 Å². The number of amides is 1. The zero-order valence-corrected chi connectivity index (χ0v) is 18.8. The summed E-state index contributed by atoms with van der Waals surface area (Å²) in [5.74, 6) is 1.26. The molecule has 0 atom stereocenters. The standard InChI is InChI=1S/C26H32N2O3/c1-4-5-6-7-8-12-17-31-24-16-15-21(19-25(24)30-3)18-23-20(2)27-28(26(23)29)22-13-10-9-11-14-22/h9-11,13-16,18-19H,4-8,12,17H2,1-3H3. The molecule has 0 aromatic heterocycles. The van der Waals surface area contributed by atoms with Crippen molar-refractivity contribution in [1.29, 1.82) is 0 Å². The molecule has 1 aliphatic rings. The van der Waals surface area contributed by atoms with E-state index >= 15 is 0 Å². The first-order valence-electron chi connectivity index (χ1n) is 11.1. The summed E-state index contributed by atoms with van der Waals surface area (Å²) in [6, 6.07) is 15.2. The van der Waals surface area contributed by atoms with Crippen LogP contribution in [0.1, 0.15) is 57.9 Å². The summed E-state index contributed by atoms with van der Waals surface area (Å²) in [6.45, 7) is 4.76. The fourth-order valence-electron chi connectivity index (χ4n) is 3.55. The number of ether oxygens (including phenoxy) is 2. The molecule has 2 aromatic rings. The molecule has 0 N–H and O–H groups in total. The van der Waals surface area contributed by atoms with E-state index in [4.69, 9.17) is 9.47 Å². The van der Waals surface area contributed by atoms with E-state index in [0.29, 0.717) is 23.6 Å². The number of unbranched alkanes of at least 4 members (excludes halogenated alkanes) is 5. The van der Waals surface area contributed by atoms with Crippen molar-refractivity contribution in [1.82, 2.24) is 0 Å². The fourth-order valence-corrected chi connectivity index (χ4v) is 3.55. The second-order valence-electron chi connectivity index (χ2n) is 7.72. The van der Waals surface area contributed by atoms with Crippen LogP contribution in [0.3, 0.4) is 0 Å². The molecule has 0 saturated heterocycles. The van der Waals surface area contributed by atoms with E-state index in [1.54, 1.807) is 7.11 Å². The molecule has 1 aliphatic heterocycles. The number of nitrogens with zero attached hydrogens (tertiary/aromatic N) is 2. The predicted molar refractivity (Wildman–Crippen MR) is 127 cm³/mol. The number of rotatable bonds is 11. The fraction of sp³-hybridized carbons (Fsp3) is 0.385. The van der Waals surface area contributed by atoms with Gasteiger partial charge < -0.3 is 9.47 Å². The maximum atomic E-state index is 12.9. The average molecular weight is 421 g/mol. The van der Waals surface area contributed by atoms with Gasteiger partial charge in [0.2, 0.25) is 0 Å². The van der Waals surface area contributed by atoms with Crippen molar-refractivity contribution in [3.63, 3.8) is 0 Å². The summed E-state index contributed by atoms with van der Waals surface area (Å²) in [4.78, 5) is 12.9. The summed E-state index contributed by atoms with van der Waals surface area (Å²) in [6.07, 6.45) is 9.20. The van der Waals surface area contributed by atoms with Gasteiger partial charge in [0.25, 0.3) is 5.91 Å². The number of carbonyl (C=O) groups is 1. The summed E-state index contributed by atoms with van der Waals surface area (Å²) in [5.41, 5.74) is 2.89. The minimum Gasteiger partial charge on any atom is -0.493 e. The lowest BCUT2D eigenvalue weighted by atomic mass is 10.1. The molecule has 0 radical (unpaired) electrons.